The Morgan fingerprint density at radius 2 is 2.00 bits per heavy atom. The third-order valence-corrected chi connectivity index (χ3v) is 5.73. The number of nitrogen functional groups attached to an aromatic ring is 1. The number of nitrogens with zero attached hydrogens (tertiary/aromatic N) is 6. The Morgan fingerprint density at radius 1 is 1.23 bits per heavy atom. The zero-order valence-corrected chi connectivity index (χ0v) is 20.0. The highest BCUT2D eigenvalue weighted by molar-refractivity contribution is 5.85. The highest BCUT2D eigenvalue weighted by Crippen LogP contribution is 2.36. The molecule has 0 spiro atoms. The van der Waals surface area contributed by atoms with Crippen LogP contribution in [-0.4, -0.2) is 92.2 Å². The van der Waals surface area contributed by atoms with Gasteiger partial charge in [-0.2, -0.15) is 0 Å². The summed E-state index contributed by atoms with van der Waals surface area (Å²) in [5.74, 6) is 1.19. The molecular formula is C23H31N7O5. The van der Waals surface area contributed by atoms with Crippen LogP contribution in [0.2, 0.25) is 0 Å². The summed E-state index contributed by atoms with van der Waals surface area (Å²) >= 11 is 0. The van der Waals surface area contributed by atoms with E-state index >= 15 is 0 Å². The summed E-state index contributed by atoms with van der Waals surface area (Å²) < 4.78 is 13.1. The minimum Gasteiger partial charge on any atom is -0.479 e. The molecule has 1 aliphatic heterocycles. The Labute approximate surface area is 202 Å². The summed E-state index contributed by atoms with van der Waals surface area (Å²) in [5, 5.41) is 25.6. The van der Waals surface area contributed by atoms with Crippen LogP contribution in [0.4, 0.5) is 5.82 Å². The van der Waals surface area contributed by atoms with Crippen LogP contribution >= 0.6 is 0 Å². The SMILES string of the molecule is CCOC(C)=NOCCN(C)C[C@H]1O[C@@H](n2c(-c3ccccc3)nc3c(N)ncnc32)C(O)C1O. The van der Waals surface area contributed by atoms with Crippen molar-refractivity contribution < 1.29 is 24.5 Å². The fourth-order valence-corrected chi connectivity index (χ4v) is 4.02. The lowest BCUT2D eigenvalue weighted by atomic mass is 10.1. The second-order valence-electron chi connectivity index (χ2n) is 8.29. The van der Waals surface area contributed by atoms with Crippen molar-refractivity contribution in [3.63, 3.8) is 0 Å². The molecule has 1 aliphatic rings. The van der Waals surface area contributed by atoms with E-state index in [0.717, 1.165) is 5.56 Å². The molecule has 1 saturated heterocycles. The van der Waals surface area contributed by atoms with Gasteiger partial charge < -0.3 is 35.2 Å². The van der Waals surface area contributed by atoms with Gasteiger partial charge in [-0.1, -0.05) is 35.5 Å². The van der Waals surface area contributed by atoms with Gasteiger partial charge in [0, 0.05) is 25.6 Å². The fraction of sp³-hybridized carbons (Fsp3) is 0.478. The number of anilines is 1. The number of aliphatic hydroxyl groups excluding tert-OH is 2. The van der Waals surface area contributed by atoms with Gasteiger partial charge in [-0.15, -0.1) is 0 Å². The lowest BCUT2D eigenvalue weighted by Gasteiger charge is -2.22. The molecule has 3 heterocycles. The van der Waals surface area contributed by atoms with Crippen LogP contribution in [0, 0.1) is 0 Å². The fourth-order valence-electron chi connectivity index (χ4n) is 4.02. The maximum absolute atomic E-state index is 11.0. The van der Waals surface area contributed by atoms with E-state index in [1.807, 2.05) is 49.2 Å². The maximum Gasteiger partial charge on any atom is 0.222 e. The lowest BCUT2D eigenvalue weighted by molar-refractivity contribution is -0.0427. The number of hydrogen-bond acceptors (Lipinski definition) is 11. The highest BCUT2D eigenvalue weighted by atomic mass is 16.6. The van der Waals surface area contributed by atoms with Gasteiger partial charge in [0.15, 0.2) is 23.2 Å². The van der Waals surface area contributed by atoms with Gasteiger partial charge in [-0.3, -0.25) is 4.57 Å². The quantitative estimate of drug-likeness (QED) is 0.173. The van der Waals surface area contributed by atoms with Crippen LogP contribution in [0.3, 0.4) is 0 Å². The molecule has 2 unspecified atom stereocenters. The van der Waals surface area contributed by atoms with Gasteiger partial charge in [-0.05, 0) is 14.0 Å². The number of nitrogens with two attached hydrogens (primary N) is 1. The molecule has 0 saturated carbocycles. The monoisotopic (exact) mass is 485 g/mol. The van der Waals surface area contributed by atoms with E-state index < -0.39 is 24.5 Å². The van der Waals surface area contributed by atoms with Crippen molar-refractivity contribution in [2.24, 2.45) is 5.16 Å². The third kappa shape index (κ3) is 5.35. The van der Waals surface area contributed by atoms with Gasteiger partial charge >= 0.3 is 0 Å². The molecule has 4 atom stereocenters. The molecule has 12 heteroatoms. The van der Waals surface area contributed by atoms with Crippen molar-refractivity contribution in [3.05, 3.63) is 36.7 Å². The molecule has 188 valence electrons. The van der Waals surface area contributed by atoms with Crippen LogP contribution in [0.15, 0.2) is 41.8 Å². The van der Waals surface area contributed by atoms with Gasteiger partial charge in [0.25, 0.3) is 0 Å². The van der Waals surface area contributed by atoms with E-state index in [9.17, 15) is 10.2 Å². The number of likely N-dealkylation sites (N-methyl/N-ethyl adjacent to an activating group) is 1. The number of benzene rings is 1. The summed E-state index contributed by atoms with van der Waals surface area (Å²) in [4.78, 5) is 20.2. The molecule has 0 radical (unpaired) electrons. The molecule has 12 nitrogen and oxygen atoms in total. The second-order valence-corrected chi connectivity index (χ2v) is 8.29. The average molecular weight is 486 g/mol. The molecule has 2 aromatic heterocycles. The zero-order valence-electron chi connectivity index (χ0n) is 20.0. The number of aliphatic hydroxyl groups is 2. The predicted octanol–water partition coefficient (Wildman–Crippen LogP) is 1.01. The van der Waals surface area contributed by atoms with Crippen molar-refractivity contribution >= 4 is 22.9 Å². The first-order valence-corrected chi connectivity index (χ1v) is 11.4. The smallest absolute Gasteiger partial charge is 0.222 e. The maximum atomic E-state index is 11.0. The highest BCUT2D eigenvalue weighted by Gasteiger charge is 2.45. The van der Waals surface area contributed by atoms with Gasteiger partial charge in [0.05, 0.1) is 6.61 Å². The summed E-state index contributed by atoms with van der Waals surface area (Å²) in [7, 11) is 1.87. The molecule has 4 rings (SSSR count). The first-order valence-electron chi connectivity index (χ1n) is 11.4. The Bertz CT molecular complexity index is 1160. The number of aromatic nitrogens is 4. The number of oxime groups is 1. The van der Waals surface area contributed by atoms with Gasteiger partial charge in [-0.25, -0.2) is 15.0 Å². The standard InChI is InChI=1S/C23H31N7O5/c1-4-33-14(2)28-34-11-10-29(3)12-16-18(31)19(32)23(35-16)30-21(15-8-6-5-7-9-15)27-17-20(24)25-13-26-22(17)30/h5-9,13,16,18-19,23,31-32H,4,10-12H2,1-3H3,(H2,24,25,26)/t16-,18?,19?,23-/m1/s1. The number of rotatable bonds is 9. The molecule has 4 N–H and O–H groups in total. The van der Waals surface area contributed by atoms with Crippen LogP contribution in [-0.2, 0) is 14.3 Å². The van der Waals surface area contributed by atoms with Crippen molar-refractivity contribution in [3.8, 4) is 11.4 Å². The summed E-state index contributed by atoms with van der Waals surface area (Å²) in [6.07, 6.45) is -2.58. The van der Waals surface area contributed by atoms with Crippen LogP contribution in [0.5, 0.6) is 0 Å². The number of fused-ring (bicyclic) bond motifs is 1. The molecule has 0 bridgehead atoms. The van der Waals surface area contributed by atoms with E-state index in [1.54, 1.807) is 11.5 Å². The Hall–Kier alpha value is -3.32. The van der Waals surface area contributed by atoms with Gasteiger partial charge in [0.1, 0.15) is 37.1 Å². The van der Waals surface area contributed by atoms with Crippen LogP contribution < -0.4 is 5.73 Å². The van der Waals surface area contributed by atoms with Crippen LogP contribution in [0.1, 0.15) is 20.1 Å². The minimum absolute atomic E-state index is 0.220. The number of hydrogen-bond donors (Lipinski definition) is 3. The van der Waals surface area contributed by atoms with E-state index in [2.05, 4.69) is 20.1 Å². The Kier molecular flexibility index (Phi) is 7.76. The summed E-state index contributed by atoms with van der Waals surface area (Å²) in [6.45, 7) is 5.34. The summed E-state index contributed by atoms with van der Waals surface area (Å²) in [6, 6.07) is 9.44. The number of ether oxygens (including phenoxy) is 2. The third-order valence-electron chi connectivity index (χ3n) is 5.73. The molecule has 0 aliphatic carbocycles. The van der Waals surface area contributed by atoms with E-state index in [0.29, 0.717) is 49.2 Å². The molecular weight excluding hydrogens is 454 g/mol. The molecule has 35 heavy (non-hydrogen) atoms. The lowest BCUT2D eigenvalue weighted by Crippen LogP contribution is -2.39. The van der Waals surface area contributed by atoms with Crippen LogP contribution in [0.25, 0.3) is 22.6 Å². The van der Waals surface area contributed by atoms with Crippen molar-refractivity contribution in [1.29, 1.82) is 0 Å². The zero-order chi connectivity index (χ0) is 24.9. The van der Waals surface area contributed by atoms with E-state index in [1.165, 1.54) is 6.33 Å². The van der Waals surface area contributed by atoms with E-state index in [4.69, 9.17) is 20.0 Å². The topological polar surface area (TPSA) is 153 Å². The van der Waals surface area contributed by atoms with Crippen molar-refractivity contribution in [2.45, 2.75) is 38.4 Å². The largest absolute Gasteiger partial charge is 0.479 e. The molecule has 0 amide bonds. The Balaban J connectivity index is 1.52. The molecule has 3 aromatic rings. The molecule has 1 aromatic carbocycles. The first kappa shape index (κ1) is 24.8. The average Bonchev–Trinajstić information content (AvgIpc) is 3.36. The minimum atomic E-state index is -1.21. The Morgan fingerprint density at radius 3 is 2.74 bits per heavy atom. The molecule has 1 fully saturated rings. The predicted molar refractivity (Wildman–Crippen MR) is 129 cm³/mol. The normalized spacial score (nSPS) is 22.7. The summed E-state index contributed by atoms with van der Waals surface area (Å²) in [5.41, 5.74) is 7.65. The van der Waals surface area contributed by atoms with Crippen molar-refractivity contribution in [2.75, 3.05) is 39.1 Å². The first-order chi connectivity index (χ1) is 16.9. The van der Waals surface area contributed by atoms with E-state index in [-0.39, 0.29) is 5.82 Å². The van der Waals surface area contributed by atoms with Gasteiger partial charge in [0.2, 0.25) is 5.90 Å². The number of imidazole rings is 1. The van der Waals surface area contributed by atoms with Crippen molar-refractivity contribution in [1.82, 2.24) is 24.4 Å². The second kappa shape index (κ2) is 11.0.